The third-order valence-corrected chi connectivity index (χ3v) is 3.86. The van der Waals surface area contributed by atoms with Crippen molar-refractivity contribution in [2.24, 2.45) is 0 Å². The second-order valence-corrected chi connectivity index (χ2v) is 5.22. The number of amides is 1. The molecule has 1 aliphatic rings. The Hall–Kier alpha value is -2.23. The van der Waals surface area contributed by atoms with Gasteiger partial charge in [-0.15, -0.1) is 0 Å². The molecule has 4 heteroatoms. The fourth-order valence-electron chi connectivity index (χ4n) is 2.73. The van der Waals surface area contributed by atoms with Crippen LogP contribution in [0.5, 0.6) is 0 Å². The van der Waals surface area contributed by atoms with Crippen molar-refractivity contribution in [3.8, 4) is 11.1 Å². The molecule has 3 rings (SSSR count). The summed E-state index contributed by atoms with van der Waals surface area (Å²) in [7, 11) is 0. The second-order valence-electron chi connectivity index (χ2n) is 5.22. The van der Waals surface area contributed by atoms with Crippen molar-refractivity contribution in [2.45, 2.75) is 19.8 Å². The van der Waals surface area contributed by atoms with E-state index in [9.17, 15) is 13.6 Å². The predicted octanol–water partition coefficient (Wildman–Crippen LogP) is 4.07. The zero-order valence-electron chi connectivity index (χ0n) is 11.7. The zero-order valence-corrected chi connectivity index (χ0v) is 11.7. The number of anilines is 1. The molecular weight excluding hydrogens is 272 g/mol. The zero-order chi connectivity index (χ0) is 15.0. The van der Waals surface area contributed by atoms with E-state index in [4.69, 9.17) is 0 Å². The SMILES string of the molecule is Cc1ccccc1-c1ccc(N2CCCC2=O)c(F)c1F. The van der Waals surface area contributed by atoms with Crippen LogP contribution in [0.4, 0.5) is 14.5 Å². The monoisotopic (exact) mass is 287 g/mol. The predicted molar refractivity (Wildman–Crippen MR) is 78.1 cm³/mol. The lowest BCUT2D eigenvalue weighted by Crippen LogP contribution is -2.25. The minimum absolute atomic E-state index is 0.0346. The molecule has 2 nitrogen and oxygen atoms in total. The van der Waals surface area contributed by atoms with Gasteiger partial charge < -0.3 is 4.90 Å². The first-order chi connectivity index (χ1) is 10.1. The van der Waals surface area contributed by atoms with Gasteiger partial charge in [0.15, 0.2) is 11.6 Å². The molecule has 0 saturated carbocycles. The molecule has 1 fully saturated rings. The van der Waals surface area contributed by atoms with Crippen LogP contribution in [0, 0.1) is 18.6 Å². The number of carbonyl (C=O) groups excluding carboxylic acids is 1. The Balaban J connectivity index is 2.09. The summed E-state index contributed by atoms with van der Waals surface area (Å²) in [5.41, 5.74) is 1.79. The molecule has 0 unspecified atom stereocenters. The topological polar surface area (TPSA) is 20.3 Å². The first-order valence-corrected chi connectivity index (χ1v) is 6.94. The fraction of sp³-hybridized carbons (Fsp3) is 0.235. The maximum absolute atomic E-state index is 14.4. The third-order valence-electron chi connectivity index (χ3n) is 3.86. The Bertz CT molecular complexity index is 712. The lowest BCUT2D eigenvalue weighted by Gasteiger charge is -2.18. The average Bonchev–Trinajstić information content (AvgIpc) is 2.89. The van der Waals surface area contributed by atoms with Gasteiger partial charge in [0.25, 0.3) is 0 Å². The number of benzene rings is 2. The van der Waals surface area contributed by atoms with Gasteiger partial charge in [-0.2, -0.15) is 0 Å². The Morgan fingerprint density at radius 2 is 1.76 bits per heavy atom. The average molecular weight is 287 g/mol. The highest BCUT2D eigenvalue weighted by molar-refractivity contribution is 5.95. The molecule has 21 heavy (non-hydrogen) atoms. The van der Waals surface area contributed by atoms with Crippen LogP contribution in [0.3, 0.4) is 0 Å². The largest absolute Gasteiger partial charge is 0.310 e. The van der Waals surface area contributed by atoms with Crippen molar-refractivity contribution >= 4 is 11.6 Å². The normalized spacial score (nSPS) is 14.8. The molecule has 108 valence electrons. The third kappa shape index (κ3) is 2.31. The smallest absolute Gasteiger partial charge is 0.227 e. The number of rotatable bonds is 2. The van der Waals surface area contributed by atoms with Gasteiger partial charge in [0.05, 0.1) is 5.69 Å². The van der Waals surface area contributed by atoms with Crippen molar-refractivity contribution in [2.75, 3.05) is 11.4 Å². The molecule has 2 aromatic carbocycles. The molecule has 0 N–H and O–H groups in total. The maximum Gasteiger partial charge on any atom is 0.227 e. The Morgan fingerprint density at radius 3 is 2.43 bits per heavy atom. The van der Waals surface area contributed by atoms with E-state index in [1.54, 1.807) is 18.2 Å². The van der Waals surface area contributed by atoms with Crippen LogP contribution in [0.1, 0.15) is 18.4 Å². The minimum Gasteiger partial charge on any atom is -0.310 e. The summed E-state index contributed by atoms with van der Waals surface area (Å²) in [6, 6.07) is 10.3. The molecule has 1 aliphatic heterocycles. The van der Waals surface area contributed by atoms with Crippen molar-refractivity contribution in [3.05, 3.63) is 53.6 Å². The van der Waals surface area contributed by atoms with E-state index in [2.05, 4.69) is 0 Å². The van der Waals surface area contributed by atoms with E-state index in [-0.39, 0.29) is 17.2 Å². The summed E-state index contributed by atoms with van der Waals surface area (Å²) >= 11 is 0. The maximum atomic E-state index is 14.4. The van der Waals surface area contributed by atoms with E-state index in [1.165, 1.54) is 11.0 Å². The molecule has 0 radical (unpaired) electrons. The van der Waals surface area contributed by atoms with E-state index in [0.717, 1.165) is 5.56 Å². The standard InChI is InChI=1S/C17H15F2NO/c1-11-5-2-3-6-12(11)13-8-9-14(17(19)16(13)18)20-10-4-7-15(20)21/h2-3,5-6,8-9H,4,7,10H2,1H3. The molecule has 1 amide bonds. The van der Waals surface area contributed by atoms with Crippen LogP contribution in [0.25, 0.3) is 11.1 Å². The second kappa shape index (κ2) is 5.28. The van der Waals surface area contributed by atoms with Crippen molar-refractivity contribution in [3.63, 3.8) is 0 Å². The Kier molecular flexibility index (Phi) is 3.45. The van der Waals surface area contributed by atoms with Gasteiger partial charge in [-0.25, -0.2) is 8.78 Å². The molecular formula is C17H15F2NO. The van der Waals surface area contributed by atoms with Crippen LogP contribution < -0.4 is 4.90 Å². The quantitative estimate of drug-likeness (QED) is 0.815. The van der Waals surface area contributed by atoms with Crippen LogP contribution in [-0.4, -0.2) is 12.5 Å². The van der Waals surface area contributed by atoms with Crippen LogP contribution in [-0.2, 0) is 4.79 Å². The highest BCUT2D eigenvalue weighted by Crippen LogP contribution is 2.33. The summed E-state index contributed by atoms with van der Waals surface area (Å²) < 4.78 is 28.7. The molecule has 0 atom stereocenters. The summed E-state index contributed by atoms with van der Waals surface area (Å²) in [6.07, 6.45) is 1.07. The van der Waals surface area contributed by atoms with Gasteiger partial charge in [-0.1, -0.05) is 24.3 Å². The van der Waals surface area contributed by atoms with E-state index < -0.39 is 11.6 Å². The van der Waals surface area contributed by atoms with Crippen molar-refractivity contribution < 1.29 is 13.6 Å². The van der Waals surface area contributed by atoms with Crippen LogP contribution >= 0.6 is 0 Å². The van der Waals surface area contributed by atoms with Gasteiger partial charge >= 0.3 is 0 Å². The van der Waals surface area contributed by atoms with E-state index in [1.807, 2.05) is 19.1 Å². The number of halogens is 2. The molecule has 2 aromatic rings. The summed E-state index contributed by atoms with van der Waals surface area (Å²) in [6.45, 7) is 2.30. The highest BCUT2D eigenvalue weighted by atomic mass is 19.2. The van der Waals surface area contributed by atoms with Gasteiger partial charge in [0.1, 0.15) is 0 Å². The van der Waals surface area contributed by atoms with Crippen molar-refractivity contribution in [1.29, 1.82) is 0 Å². The molecule has 0 spiro atoms. The number of aryl methyl sites for hydroxylation is 1. The number of hydrogen-bond donors (Lipinski definition) is 0. The van der Waals surface area contributed by atoms with Gasteiger partial charge in [-0.05, 0) is 36.6 Å². The summed E-state index contributed by atoms with van der Waals surface area (Å²) in [5, 5.41) is 0. The van der Waals surface area contributed by atoms with E-state index in [0.29, 0.717) is 24.9 Å². The van der Waals surface area contributed by atoms with Crippen LogP contribution in [0.15, 0.2) is 36.4 Å². The molecule has 0 aliphatic carbocycles. The minimum atomic E-state index is -0.953. The molecule has 1 heterocycles. The molecule has 1 saturated heterocycles. The Morgan fingerprint density at radius 1 is 1.00 bits per heavy atom. The number of carbonyl (C=O) groups is 1. The fourth-order valence-corrected chi connectivity index (χ4v) is 2.73. The van der Waals surface area contributed by atoms with Crippen LogP contribution in [0.2, 0.25) is 0 Å². The molecule has 0 aromatic heterocycles. The highest BCUT2D eigenvalue weighted by Gasteiger charge is 2.26. The lowest BCUT2D eigenvalue weighted by molar-refractivity contribution is -0.117. The first kappa shape index (κ1) is 13.7. The van der Waals surface area contributed by atoms with Gasteiger partial charge in [0.2, 0.25) is 5.91 Å². The summed E-state index contributed by atoms with van der Waals surface area (Å²) in [4.78, 5) is 13.0. The van der Waals surface area contributed by atoms with Crippen molar-refractivity contribution in [1.82, 2.24) is 0 Å². The van der Waals surface area contributed by atoms with Gasteiger partial charge in [0, 0.05) is 18.5 Å². The first-order valence-electron chi connectivity index (χ1n) is 6.94. The molecule has 0 bridgehead atoms. The van der Waals surface area contributed by atoms with Gasteiger partial charge in [-0.3, -0.25) is 4.79 Å². The number of nitrogens with zero attached hydrogens (tertiary/aromatic N) is 1. The lowest BCUT2D eigenvalue weighted by atomic mass is 9.99. The van der Waals surface area contributed by atoms with E-state index >= 15 is 0 Å². The Labute approximate surface area is 122 Å². The number of hydrogen-bond acceptors (Lipinski definition) is 1. The summed E-state index contributed by atoms with van der Waals surface area (Å²) in [5.74, 6) is -2.01.